The van der Waals surface area contributed by atoms with Crippen molar-refractivity contribution in [2.75, 3.05) is 7.11 Å². The molecule has 1 aromatic heterocycles. The Morgan fingerprint density at radius 1 is 1.16 bits per heavy atom. The molecule has 5 heteroatoms. The lowest BCUT2D eigenvalue weighted by Crippen LogP contribution is -2.07. The zero-order valence-electron chi connectivity index (χ0n) is 11.1. The Hall–Kier alpha value is -1.81. The van der Waals surface area contributed by atoms with Crippen molar-refractivity contribution in [2.24, 2.45) is 0 Å². The molecule has 100 valence electrons. The van der Waals surface area contributed by atoms with Crippen LogP contribution in [0.15, 0.2) is 30.6 Å². The Morgan fingerprint density at radius 2 is 1.89 bits per heavy atom. The number of hydrogen-bond acceptors (Lipinski definition) is 4. The largest absolute Gasteiger partial charge is 0.491 e. The Labute approximate surface area is 117 Å². The first kappa shape index (κ1) is 13.6. The Bertz CT molecular complexity index is 573. The predicted octanol–water partition coefficient (Wildman–Crippen LogP) is 3.59. The van der Waals surface area contributed by atoms with E-state index in [4.69, 9.17) is 21.1 Å². The second-order valence-corrected chi connectivity index (χ2v) is 4.57. The molecular weight excluding hydrogens is 264 g/mol. The molecule has 4 nitrogen and oxygen atoms in total. The SMILES string of the molecule is COc1c(Cl)ncnc1-c1ccccc1OC(C)C. The maximum Gasteiger partial charge on any atom is 0.182 e. The fraction of sp³-hybridized carbons (Fsp3) is 0.286. The van der Waals surface area contributed by atoms with Gasteiger partial charge < -0.3 is 9.47 Å². The summed E-state index contributed by atoms with van der Waals surface area (Å²) in [4.78, 5) is 8.16. The summed E-state index contributed by atoms with van der Waals surface area (Å²) in [5.74, 6) is 1.19. The van der Waals surface area contributed by atoms with Crippen LogP contribution >= 0.6 is 11.6 Å². The van der Waals surface area contributed by atoms with E-state index >= 15 is 0 Å². The van der Waals surface area contributed by atoms with Crippen LogP contribution in [0.5, 0.6) is 11.5 Å². The number of ether oxygens (including phenoxy) is 2. The number of rotatable bonds is 4. The molecule has 0 N–H and O–H groups in total. The minimum atomic E-state index is 0.0736. The molecule has 0 unspecified atom stereocenters. The van der Waals surface area contributed by atoms with Crippen LogP contribution in [0.3, 0.4) is 0 Å². The highest BCUT2D eigenvalue weighted by Crippen LogP contribution is 2.37. The Balaban J connectivity index is 2.56. The standard InChI is InChI=1S/C14H15ClN2O2/c1-9(2)19-11-7-5-4-6-10(11)12-13(18-3)14(15)17-8-16-12/h4-9H,1-3H3. The van der Waals surface area contributed by atoms with Crippen LogP contribution in [0.2, 0.25) is 5.15 Å². The number of nitrogens with zero attached hydrogens (tertiary/aromatic N) is 2. The van der Waals surface area contributed by atoms with Crippen molar-refractivity contribution in [3.63, 3.8) is 0 Å². The number of halogens is 1. The summed E-state index contributed by atoms with van der Waals surface area (Å²) in [5, 5.41) is 0.284. The molecule has 0 aliphatic heterocycles. The fourth-order valence-corrected chi connectivity index (χ4v) is 1.95. The molecule has 19 heavy (non-hydrogen) atoms. The van der Waals surface area contributed by atoms with Crippen LogP contribution in [-0.4, -0.2) is 23.2 Å². The van der Waals surface area contributed by atoms with E-state index < -0.39 is 0 Å². The highest BCUT2D eigenvalue weighted by Gasteiger charge is 2.16. The van der Waals surface area contributed by atoms with Crippen LogP contribution in [0, 0.1) is 0 Å². The van der Waals surface area contributed by atoms with Crippen molar-refractivity contribution in [2.45, 2.75) is 20.0 Å². The normalized spacial score (nSPS) is 10.6. The first-order valence-electron chi connectivity index (χ1n) is 5.94. The number of aromatic nitrogens is 2. The molecule has 1 aromatic carbocycles. The van der Waals surface area contributed by atoms with Crippen molar-refractivity contribution >= 4 is 11.6 Å². The van der Waals surface area contributed by atoms with E-state index in [1.54, 1.807) is 7.11 Å². The summed E-state index contributed by atoms with van der Waals surface area (Å²) in [6, 6.07) is 7.64. The lowest BCUT2D eigenvalue weighted by atomic mass is 10.1. The lowest BCUT2D eigenvalue weighted by Gasteiger charge is -2.15. The van der Waals surface area contributed by atoms with Crippen LogP contribution in [0.4, 0.5) is 0 Å². The van der Waals surface area contributed by atoms with Gasteiger partial charge in [0.2, 0.25) is 0 Å². The quantitative estimate of drug-likeness (QED) is 0.802. The molecular formula is C14H15ClN2O2. The third-order valence-corrected chi connectivity index (χ3v) is 2.74. The van der Waals surface area contributed by atoms with Gasteiger partial charge in [0, 0.05) is 5.56 Å². The summed E-state index contributed by atoms with van der Waals surface area (Å²) >= 11 is 6.02. The molecule has 0 aliphatic carbocycles. The second kappa shape index (κ2) is 5.89. The van der Waals surface area contributed by atoms with Crippen LogP contribution < -0.4 is 9.47 Å². The summed E-state index contributed by atoms with van der Waals surface area (Å²) in [5.41, 5.74) is 1.45. The minimum Gasteiger partial charge on any atom is -0.491 e. The van der Waals surface area contributed by atoms with E-state index in [-0.39, 0.29) is 11.3 Å². The number of benzene rings is 1. The maximum absolute atomic E-state index is 6.02. The Kier molecular flexibility index (Phi) is 4.22. The number of hydrogen-bond donors (Lipinski definition) is 0. The van der Waals surface area contributed by atoms with E-state index in [1.165, 1.54) is 6.33 Å². The van der Waals surface area contributed by atoms with E-state index in [0.29, 0.717) is 11.4 Å². The molecule has 2 aromatic rings. The average Bonchev–Trinajstić information content (AvgIpc) is 2.38. The van der Waals surface area contributed by atoms with Crippen molar-refractivity contribution in [1.82, 2.24) is 9.97 Å². The van der Waals surface area contributed by atoms with Crippen LogP contribution in [0.1, 0.15) is 13.8 Å². The van der Waals surface area contributed by atoms with Crippen molar-refractivity contribution in [1.29, 1.82) is 0 Å². The topological polar surface area (TPSA) is 44.2 Å². The third-order valence-electron chi connectivity index (χ3n) is 2.47. The van der Waals surface area contributed by atoms with Gasteiger partial charge in [-0.1, -0.05) is 23.7 Å². The number of para-hydroxylation sites is 1. The van der Waals surface area contributed by atoms with Crippen LogP contribution in [0.25, 0.3) is 11.3 Å². The molecule has 0 saturated carbocycles. The first-order chi connectivity index (χ1) is 9.13. The van der Waals surface area contributed by atoms with E-state index in [2.05, 4.69) is 9.97 Å². The van der Waals surface area contributed by atoms with Crippen molar-refractivity contribution in [3.8, 4) is 22.8 Å². The van der Waals surface area contributed by atoms with Crippen LogP contribution in [-0.2, 0) is 0 Å². The van der Waals surface area contributed by atoms with Gasteiger partial charge >= 0.3 is 0 Å². The van der Waals surface area contributed by atoms with Gasteiger partial charge in [-0.3, -0.25) is 0 Å². The summed E-state index contributed by atoms with van der Waals surface area (Å²) in [7, 11) is 1.54. The van der Waals surface area contributed by atoms with Crippen molar-refractivity contribution < 1.29 is 9.47 Å². The summed E-state index contributed by atoms with van der Waals surface area (Å²) < 4.78 is 11.1. The smallest absolute Gasteiger partial charge is 0.182 e. The number of methoxy groups -OCH3 is 1. The van der Waals surface area contributed by atoms with Crippen molar-refractivity contribution in [3.05, 3.63) is 35.7 Å². The fourth-order valence-electron chi connectivity index (χ4n) is 1.74. The second-order valence-electron chi connectivity index (χ2n) is 4.21. The highest BCUT2D eigenvalue weighted by atomic mass is 35.5. The lowest BCUT2D eigenvalue weighted by molar-refractivity contribution is 0.243. The van der Waals surface area contributed by atoms with E-state index in [0.717, 1.165) is 11.3 Å². The summed E-state index contributed by atoms with van der Waals surface area (Å²) in [6.07, 6.45) is 1.48. The van der Waals surface area contributed by atoms with Gasteiger partial charge in [-0.25, -0.2) is 9.97 Å². The van der Waals surface area contributed by atoms with Gasteiger partial charge in [-0.15, -0.1) is 0 Å². The predicted molar refractivity (Wildman–Crippen MR) is 74.8 cm³/mol. The first-order valence-corrected chi connectivity index (χ1v) is 6.31. The molecule has 0 atom stereocenters. The van der Waals surface area contributed by atoms with E-state index in [9.17, 15) is 0 Å². The molecule has 0 aliphatic rings. The molecule has 0 amide bonds. The zero-order chi connectivity index (χ0) is 13.8. The molecule has 0 radical (unpaired) electrons. The van der Waals surface area contributed by atoms with Gasteiger partial charge in [0.05, 0.1) is 13.2 Å². The van der Waals surface area contributed by atoms with Gasteiger partial charge in [-0.05, 0) is 26.0 Å². The third kappa shape index (κ3) is 2.96. The zero-order valence-corrected chi connectivity index (χ0v) is 11.8. The minimum absolute atomic E-state index is 0.0736. The highest BCUT2D eigenvalue weighted by molar-refractivity contribution is 6.31. The molecule has 0 fully saturated rings. The van der Waals surface area contributed by atoms with Gasteiger partial charge in [0.25, 0.3) is 0 Å². The molecule has 0 saturated heterocycles. The monoisotopic (exact) mass is 278 g/mol. The maximum atomic E-state index is 6.02. The van der Waals surface area contributed by atoms with Gasteiger partial charge in [0.15, 0.2) is 10.9 Å². The average molecular weight is 279 g/mol. The summed E-state index contributed by atoms with van der Waals surface area (Å²) in [6.45, 7) is 3.95. The van der Waals surface area contributed by atoms with Gasteiger partial charge in [0.1, 0.15) is 17.8 Å². The molecule has 2 rings (SSSR count). The van der Waals surface area contributed by atoms with E-state index in [1.807, 2.05) is 38.1 Å². The molecule has 1 heterocycles. The Morgan fingerprint density at radius 3 is 2.58 bits per heavy atom. The molecule has 0 spiro atoms. The molecule has 0 bridgehead atoms. The van der Waals surface area contributed by atoms with Gasteiger partial charge in [-0.2, -0.15) is 0 Å².